The van der Waals surface area contributed by atoms with Crippen molar-refractivity contribution in [1.29, 1.82) is 0 Å². The summed E-state index contributed by atoms with van der Waals surface area (Å²) in [6.07, 6.45) is 0. The van der Waals surface area contributed by atoms with E-state index in [0.717, 1.165) is 10.2 Å². The molecule has 0 radical (unpaired) electrons. The van der Waals surface area contributed by atoms with Crippen LogP contribution in [0.1, 0.15) is 12.5 Å². The third kappa shape index (κ3) is 1.50. The quantitative estimate of drug-likeness (QED) is 0.824. The van der Waals surface area contributed by atoms with Gasteiger partial charge in [-0.3, -0.25) is 9.24 Å². The van der Waals surface area contributed by atoms with Crippen LogP contribution in [0, 0.1) is 0 Å². The van der Waals surface area contributed by atoms with E-state index in [1.165, 1.54) is 14.2 Å². The fourth-order valence-corrected chi connectivity index (χ4v) is 4.29. The molecule has 1 N–H and O–H groups in total. The van der Waals surface area contributed by atoms with Crippen molar-refractivity contribution in [2.24, 2.45) is 0 Å². The fourth-order valence-electron chi connectivity index (χ4n) is 2.08. The molecule has 1 aromatic carbocycles. The maximum Gasteiger partial charge on any atom is 0.328 e. The Morgan fingerprint density at radius 1 is 1.35 bits per heavy atom. The number of amides is 2. The molecule has 1 heterocycles. The molecule has 1 aliphatic heterocycles. The lowest BCUT2D eigenvalue weighted by Gasteiger charge is -2.30. The van der Waals surface area contributed by atoms with Gasteiger partial charge in [-0.25, -0.2) is 4.79 Å². The molecule has 0 saturated carbocycles. The monoisotopic (exact) mass is 254 g/mol. The molecule has 92 valence electrons. The van der Waals surface area contributed by atoms with Gasteiger partial charge < -0.3 is 9.84 Å². The highest BCUT2D eigenvalue weighted by Gasteiger charge is 2.58. The minimum absolute atomic E-state index is 0.387. The summed E-state index contributed by atoms with van der Waals surface area (Å²) in [7, 11) is -0.430. The van der Waals surface area contributed by atoms with E-state index < -0.39 is 12.8 Å². The molecule has 0 spiro atoms. The highest BCUT2D eigenvalue weighted by Crippen LogP contribution is 2.67. The SMILES string of the molecule is COP1(=O)N(C)C(=O)NC1(C)c1ccccc1. The maximum absolute atomic E-state index is 12.8. The summed E-state index contributed by atoms with van der Waals surface area (Å²) in [5, 5.41) is 1.73. The van der Waals surface area contributed by atoms with Crippen LogP contribution in [0.2, 0.25) is 0 Å². The Bertz CT molecular complexity index is 491. The van der Waals surface area contributed by atoms with Gasteiger partial charge in [0.05, 0.1) is 0 Å². The van der Waals surface area contributed by atoms with Gasteiger partial charge in [-0.15, -0.1) is 0 Å². The van der Waals surface area contributed by atoms with Crippen LogP contribution in [-0.4, -0.2) is 24.9 Å². The molecule has 1 fully saturated rings. The van der Waals surface area contributed by atoms with Crippen molar-refractivity contribution in [3.8, 4) is 0 Å². The summed E-state index contributed by atoms with van der Waals surface area (Å²) in [5.74, 6) is 0. The molecule has 2 amide bonds. The molecular weight excluding hydrogens is 239 g/mol. The standard InChI is InChI=1S/C11H15N2O3P/c1-11(9-7-5-4-6-8-9)12-10(14)13(2)17(11,15)16-3/h4-8H,1-3H3,(H,12,14). The van der Waals surface area contributed by atoms with E-state index >= 15 is 0 Å². The second-order valence-corrected chi connectivity index (χ2v) is 7.00. The Hall–Kier alpha value is -1.32. The first-order valence-electron chi connectivity index (χ1n) is 5.23. The second-order valence-electron chi connectivity index (χ2n) is 4.09. The third-order valence-electron chi connectivity index (χ3n) is 3.19. The topological polar surface area (TPSA) is 58.6 Å². The van der Waals surface area contributed by atoms with Gasteiger partial charge in [0.2, 0.25) is 0 Å². The van der Waals surface area contributed by atoms with Crippen LogP contribution in [0.4, 0.5) is 4.79 Å². The summed E-state index contributed by atoms with van der Waals surface area (Å²) in [6.45, 7) is 1.72. The number of benzene rings is 1. The molecule has 1 aromatic rings. The highest BCUT2D eigenvalue weighted by molar-refractivity contribution is 7.59. The summed E-state index contributed by atoms with van der Waals surface area (Å²) < 4.78 is 19.1. The Kier molecular flexibility index (Phi) is 2.76. The van der Waals surface area contributed by atoms with Crippen molar-refractivity contribution in [1.82, 2.24) is 9.99 Å². The largest absolute Gasteiger partial charge is 0.328 e. The molecular formula is C11H15N2O3P. The molecule has 0 aromatic heterocycles. The molecule has 1 saturated heterocycles. The van der Waals surface area contributed by atoms with Crippen molar-refractivity contribution in [3.63, 3.8) is 0 Å². The van der Waals surface area contributed by atoms with Gasteiger partial charge in [-0.2, -0.15) is 0 Å². The van der Waals surface area contributed by atoms with Gasteiger partial charge in [-0.05, 0) is 12.5 Å². The lowest BCUT2D eigenvalue weighted by molar-refractivity contribution is 0.229. The third-order valence-corrected chi connectivity index (χ3v) is 6.15. The van der Waals surface area contributed by atoms with E-state index in [0.29, 0.717) is 0 Å². The van der Waals surface area contributed by atoms with E-state index in [1.54, 1.807) is 6.92 Å². The van der Waals surface area contributed by atoms with E-state index in [4.69, 9.17) is 4.52 Å². The van der Waals surface area contributed by atoms with Crippen molar-refractivity contribution in [2.75, 3.05) is 14.2 Å². The number of nitrogens with zero attached hydrogens (tertiary/aromatic N) is 1. The molecule has 2 rings (SSSR count). The average molecular weight is 254 g/mol. The summed E-state index contributed by atoms with van der Waals surface area (Å²) in [4.78, 5) is 11.7. The Morgan fingerprint density at radius 2 is 1.94 bits per heavy atom. The van der Waals surface area contributed by atoms with E-state index in [9.17, 15) is 9.36 Å². The number of hydrogen-bond acceptors (Lipinski definition) is 3. The van der Waals surface area contributed by atoms with Gasteiger partial charge in [0.15, 0.2) is 5.28 Å². The minimum Gasteiger partial charge on any atom is -0.318 e. The number of carbonyl (C=O) groups excluding carboxylic acids is 1. The fraction of sp³-hybridized carbons (Fsp3) is 0.364. The summed E-state index contributed by atoms with van der Waals surface area (Å²) >= 11 is 0. The van der Waals surface area contributed by atoms with Crippen LogP contribution in [0.3, 0.4) is 0 Å². The predicted molar refractivity (Wildman–Crippen MR) is 64.7 cm³/mol. The van der Waals surface area contributed by atoms with Gasteiger partial charge >= 0.3 is 13.6 Å². The Morgan fingerprint density at radius 3 is 2.47 bits per heavy atom. The van der Waals surface area contributed by atoms with Crippen LogP contribution in [-0.2, 0) is 14.4 Å². The van der Waals surface area contributed by atoms with E-state index in [-0.39, 0.29) is 6.03 Å². The van der Waals surface area contributed by atoms with Crippen LogP contribution in [0.25, 0.3) is 0 Å². The number of carbonyl (C=O) groups is 1. The van der Waals surface area contributed by atoms with Crippen molar-refractivity contribution >= 4 is 13.6 Å². The number of hydrogen-bond donors (Lipinski definition) is 1. The minimum atomic E-state index is -3.27. The van der Waals surface area contributed by atoms with Gasteiger partial charge in [0.25, 0.3) is 0 Å². The lowest BCUT2D eigenvalue weighted by Crippen LogP contribution is -2.35. The predicted octanol–water partition coefficient (Wildman–Crippen LogP) is 2.35. The zero-order valence-corrected chi connectivity index (χ0v) is 10.9. The molecule has 1 aliphatic rings. The number of urea groups is 1. The van der Waals surface area contributed by atoms with Crippen molar-refractivity contribution in [2.45, 2.75) is 12.2 Å². The lowest BCUT2D eigenvalue weighted by atomic mass is 10.1. The van der Waals surface area contributed by atoms with Crippen LogP contribution in [0.15, 0.2) is 30.3 Å². The first-order chi connectivity index (χ1) is 7.95. The first kappa shape index (κ1) is 12.1. The molecule has 6 heteroatoms. The number of nitrogens with one attached hydrogen (secondary N) is 1. The van der Waals surface area contributed by atoms with E-state index in [2.05, 4.69) is 5.32 Å². The molecule has 17 heavy (non-hydrogen) atoms. The average Bonchev–Trinajstić information content (AvgIpc) is 2.53. The van der Waals surface area contributed by atoms with Crippen LogP contribution in [0.5, 0.6) is 0 Å². The Balaban J connectivity index is 2.58. The van der Waals surface area contributed by atoms with Gasteiger partial charge in [0, 0.05) is 14.2 Å². The second kappa shape index (κ2) is 3.86. The summed E-state index contributed by atoms with van der Waals surface area (Å²) in [5.41, 5.74) is 0.767. The number of rotatable bonds is 2. The van der Waals surface area contributed by atoms with Gasteiger partial charge in [-0.1, -0.05) is 30.3 Å². The highest BCUT2D eigenvalue weighted by atomic mass is 31.2. The molecule has 2 atom stereocenters. The normalized spacial score (nSPS) is 32.6. The van der Waals surface area contributed by atoms with Crippen molar-refractivity contribution in [3.05, 3.63) is 35.9 Å². The first-order valence-corrected chi connectivity index (χ1v) is 6.81. The summed E-state index contributed by atoms with van der Waals surface area (Å²) in [6, 6.07) is 8.80. The van der Waals surface area contributed by atoms with Gasteiger partial charge in [0.1, 0.15) is 0 Å². The molecule has 0 bridgehead atoms. The molecule has 5 nitrogen and oxygen atoms in total. The Labute approximate surface area is 100 Å². The van der Waals surface area contributed by atoms with Crippen molar-refractivity contribution < 1.29 is 13.9 Å². The van der Waals surface area contributed by atoms with Crippen LogP contribution >= 0.6 is 7.52 Å². The zero-order chi connectivity index (χ0) is 12.7. The maximum atomic E-state index is 12.8. The van der Waals surface area contributed by atoms with Crippen LogP contribution < -0.4 is 5.32 Å². The molecule has 2 unspecified atom stereocenters. The smallest absolute Gasteiger partial charge is 0.318 e. The zero-order valence-electron chi connectivity index (χ0n) is 10.0. The molecule has 0 aliphatic carbocycles. The van der Waals surface area contributed by atoms with E-state index in [1.807, 2.05) is 30.3 Å².